The molecule has 1 atom stereocenters. The third kappa shape index (κ3) is 6.01. The van der Waals surface area contributed by atoms with Crippen LogP contribution in [0, 0.1) is 0 Å². The van der Waals surface area contributed by atoms with Gasteiger partial charge in [-0.15, -0.1) is 10.2 Å². The van der Waals surface area contributed by atoms with Crippen LogP contribution in [0.4, 0.5) is 5.69 Å². The molecular weight excluding hydrogens is 480 g/mol. The van der Waals surface area contributed by atoms with E-state index in [4.69, 9.17) is 9.47 Å². The number of hydrogen-bond donors (Lipinski definition) is 1. The number of amides is 1. The van der Waals surface area contributed by atoms with Crippen LogP contribution in [0.2, 0.25) is 0 Å². The highest BCUT2D eigenvalue weighted by atomic mass is 79.9. The van der Waals surface area contributed by atoms with Gasteiger partial charge >= 0.3 is 0 Å². The normalized spacial score (nSPS) is 11.9. The van der Waals surface area contributed by atoms with E-state index in [9.17, 15) is 4.79 Å². The van der Waals surface area contributed by atoms with Crippen molar-refractivity contribution in [3.8, 4) is 11.5 Å². The molecule has 164 valence electrons. The molecule has 0 spiro atoms. The van der Waals surface area contributed by atoms with Crippen molar-refractivity contribution in [3.63, 3.8) is 0 Å². The number of para-hydroxylation sites is 2. The zero-order valence-corrected chi connectivity index (χ0v) is 20.2. The van der Waals surface area contributed by atoms with Gasteiger partial charge in [-0.25, -0.2) is 0 Å². The standard InChI is InChI=1S/C22H25BrN4O3S/c1-14(2)27-21(15(3)30-19-8-6-5-7-18(19)29-4)25-26-22(27)31-13-20(28)24-17-11-9-16(23)10-12-17/h5-12,14-15H,13H2,1-4H3,(H,24,28). The summed E-state index contributed by atoms with van der Waals surface area (Å²) < 4.78 is 14.4. The maximum absolute atomic E-state index is 12.4. The Morgan fingerprint density at radius 2 is 1.77 bits per heavy atom. The number of carbonyl (C=O) groups excluding carboxylic acids is 1. The van der Waals surface area contributed by atoms with Gasteiger partial charge in [-0.05, 0) is 57.2 Å². The Morgan fingerprint density at radius 1 is 1.10 bits per heavy atom. The highest BCUT2D eigenvalue weighted by Gasteiger charge is 2.23. The molecule has 0 fully saturated rings. The number of ether oxygens (including phenoxy) is 2. The smallest absolute Gasteiger partial charge is 0.234 e. The van der Waals surface area contributed by atoms with Gasteiger partial charge < -0.3 is 19.4 Å². The van der Waals surface area contributed by atoms with Crippen molar-refractivity contribution in [2.75, 3.05) is 18.2 Å². The molecule has 0 bridgehead atoms. The fraction of sp³-hybridized carbons (Fsp3) is 0.318. The number of nitrogens with zero attached hydrogens (tertiary/aromatic N) is 3. The first-order chi connectivity index (χ1) is 14.9. The van der Waals surface area contributed by atoms with E-state index < -0.39 is 0 Å². The zero-order valence-electron chi connectivity index (χ0n) is 17.8. The van der Waals surface area contributed by atoms with E-state index >= 15 is 0 Å². The number of hydrogen-bond acceptors (Lipinski definition) is 6. The minimum atomic E-state index is -0.350. The fourth-order valence-corrected chi connectivity index (χ4v) is 4.11. The van der Waals surface area contributed by atoms with Crippen molar-refractivity contribution in [1.29, 1.82) is 0 Å². The van der Waals surface area contributed by atoms with Crippen LogP contribution in [0.3, 0.4) is 0 Å². The van der Waals surface area contributed by atoms with Crippen LogP contribution >= 0.6 is 27.7 Å². The summed E-state index contributed by atoms with van der Waals surface area (Å²) in [5.74, 6) is 2.10. The molecule has 0 radical (unpaired) electrons. The van der Waals surface area contributed by atoms with Gasteiger partial charge in [0.1, 0.15) is 0 Å². The molecule has 3 rings (SSSR count). The molecule has 0 saturated heterocycles. The van der Waals surface area contributed by atoms with E-state index in [2.05, 4.69) is 45.3 Å². The largest absolute Gasteiger partial charge is 0.493 e. The number of rotatable bonds is 9. The SMILES string of the molecule is COc1ccccc1OC(C)c1nnc(SCC(=O)Nc2ccc(Br)cc2)n1C(C)C. The highest BCUT2D eigenvalue weighted by molar-refractivity contribution is 9.10. The first-order valence-electron chi connectivity index (χ1n) is 9.81. The summed E-state index contributed by atoms with van der Waals surface area (Å²) in [6.45, 7) is 6.02. The molecule has 1 unspecified atom stereocenters. The Bertz CT molecular complexity index is 1020. The van der Waals surface area contributed by atoms with E-state index in [0.29, 0.717) is 22.5 Å². The number of aromatic nitrogens is 3. The zero-order chi connectivity index (χ0) is 22.4. The van der Waals surface area contributed by atoms with Crippen molar-refractivity contribution in [2.24, 2.45) is 0 Å². The van der Waals surface area contributed by atoms with E-state index in [-0.39, 0.29) is 23.8 Å². The Hall–Kier alpha value is -2.52. The summed E-state index contributed by atoms with van der Waals surface area (Å²) in [5, 5.41) is 12.2. The number of anilines is 1. The van der Waals surface area contributed by atoms with Crippen LogP contribution in [0.1, 0.15) is 38.7 Å². The molecule has 0 aliphatic carbocycles. The second-order valence-corrected chi connectivity index (χ2v) is 8.92. The van der Waals surface area contributed by atoms with E-state index in [1.54, 1.807) is 7.11 Å². The summed E-state index contributed by atoms with van der Waals surface area (Å²) in [6, 6.07) is 15.0. The van der Waals surface area contributed by atoms with E-state index in [1.165, 1.54) is 11.8 Å². The second kappa shape index (κ2) is 10.7. The summed E-state index contributed by atoms with van der Waals surface area (Å²) in [5.41, 5.74) is 0.749. The van der Waals surface area contributed by atoms with Crippen LogP contribution in [0.25, 0.3) is 0 Å². The van der Waals surface area contributed by atoms with Crippen LogP contribution in [-0.4, -0.2) is 33.5 Å². The van der Waals surface area contributed by atoms with Gasteiger partial charge in [0.25, 0.3) is 0 Å². The Labute approximate surface area is 194 Å². The van der Waals surface area contributed by atoms with Crippen molar-refractivity contribution in [3.05, 3.63) is 58.8 Å². The van der Waals surface area contributed by atoms with E-state index in [0.717, 1.165) is 10.2 Å². The molecule has 0 aliphatic heterocycles. The first-order valence-corrected chi connectivity index (χ1v) is 11.6. The summed E-state index contributed by atoms with van der Waals surface area (Å²) in [6.07, 6.45) is -0.350. The number of nitrogens with one attached hydrogen (secondary N) is 1. The molecule has 31 heavy (non-hydrogen) atoms. The average Bonchev–Trinajstić information content (AvgIpc) is 3.19. The second-order valence-electron chi connectivity index (χ2n) is 7.06. The lowest BCUT2D eigenvalue weighted by molar-refractivity contribution is -0.113. The lowest BCUT2D eigenvalue weighted by Gasteiger charge is -2.19. The predicted octanol–water partition coefficient (Wildman–Crippen LogP) is 5.50. The lowest BCUT2D eigenvalue weighted by atomic mass is 10.3. The van der Waals surface area contributed by atoms with Crippen molar-refractivity contribution in [1.82, 2.24) is 14.8 Å². The summed E-state index contributed by atoms with van der Waals surface area (Å²) in [7, 11) is 1.61. The molecule has 7 nitrogen and oxygen atoms in total. The molecule has 3 aromatic rings. The van der Waals surface area contributed by atoms with Gasteiger partial charge in [-0.1, -0.05) is 39.8 Å². The van der Waals surface area contributed by atoms with Gasteiger partial charge in [0.2, 0.25) is 5.91 Å². The fourth-order valence-electron chi connectivity index (χ4n) is 2.97. The van der Waals surface area contributed by atoms with Crippen LogP contribution in [-0.2, 0) is 4.79 Å². The van der Waals surface area contributed by atoms with Crippen LogP contribution < -0.4 is 14.8 Å². The van der Waals surface area contributed by atoms with Gasteiger partial charge in [0, 0.05) is 16.2 Å². The average molecular weight is 505 g/mol. The topological polar surface area (TPSA) is 78.3 Å². The third-order valence-electron chi connectivity index (χ3n) is 4.40. The van der Waals surface area contributed by atoms with Crippen molar-refractivity contribution < 1.29 is 14.3 Å². The van der Waals surface area contributed by atoms with Gasteiger partial charge in [-0.3, -0.25) is 4.79 Å². The number of methoxy groups -OCH3 is 1. The van der Waals surface area contributed by atoms with Crippen LogP contribution in [0.15, 0.2) is 58.2 Å². The Morgan fingerprint density at radius 3 is 2.42 bits per heavy atom. The Kier molecular flexibility index (Phi) is 7.97. The van der Waals surface area contributed by atoms with E-state index in [1.807, 2.05) is 60.0 Å². The quantitative estimate of drug-likeness (QED) is 0.387. The molecule has 0 aliphatic rings. The van der Waals surface area contributed by atoms with Gasteiger partial charge in [-0.2, -0.15) is 0 Å². The monoisotopic (exact) mass is 504 g/mol. The maximum atomic E-state index is 12.4. The number of halogens is 1. The molecule has 1 aromatic heterocycles. The molecule has 2 aromatic carbocycles. The third-order valence-corrected chi connectivity index (χ3v) is 5.88. The molecule has 1 amide bonds. The van der Waals surface area contributed by atoms with Crippen molar-refractivity contribution in [2.45, 2.75) is 38.1 Å². The van der Waals surface area contributed by atoms with Gasteiger partial charge in [0.15, 0.2) is 28.6 Å². The predicted molar refractivity (Wildman–Crippen MR) is 126 cm³/mol. The van der Waals surface area contributed by atoms with Gasteiger partial charge in [0.05, 0.1) is 12.9 Å². The van der Waals surface area contributed by atoms with Crippen LogP contribution in [0.5, 0.6) is 11.5 Å². The lowest BCUT2D eigenvalue weighted by Crippen LogP contribution is -2.16. The molecule has 0 saturated carbocycles. The molecule has 1 N–H and O–H groups in total. The number of benzene rings is 2. The van der Waals surface area contributed by atoms with Crippen molar-refractivity contribution >= 4 is 39.3 Å². The molecule has 9 heteroatoms. The summed E-state index contributed by atoms with van der Waals surface area (Å²) in [4.78, 5) is 12.4. The minimum Gasteiger partial charge on any atom is -0.493 e. The Balaban J connectivity index is 1.69. The maximum Gasteiger partial charge on any atom is 0.234 e. The minimum absolute atomic E-state index is 0.103. The summed E-state index contributed by atoms with van der Waals surface area (Å²) >= 11 is 4.73. The number of thioether (sulfide) groups is 1. The highest BCUT2D eigenvalue weighted by Crippen LogP contribution is 2.32. The molecule has 1 heterocycles. The number of carbonyl (C=O) groups is 1. The first kappa shape index (κ1) is 23.1. The molecular formula is C22H25BrN4O3S.